The number of esters is 1. The van der Waals surface area contributed by atoms with Gasteiger partial charge in [0, 0.05) is 11.6 Å². The molecule has 156 valence electrons. The van der Waals surface area contributed by atoms with Crippen molar-refractivity contribution in [3.63, 3.8) is 0 Å². The summed E-state index contributed by atoms with van der Waals surface area (Å²) >= 11 is 6.05. The first kappa shape index (κ1) is 22.8. The van der Waals surface area contributed by atoms with Gasteiger partial charge in [0.2, 0.25) is 0 Å². The lowest BCUT2D eigenvalue weighted by Gasteiger charge is -2.12. The summed E-state index contributed by atoms with van der Waals surface area (Å²) in [4.78, 5) is 24.1. The number of carbonyl (C=O) groups excluding carboxylic acids is 2. The topological polar surface area (TPSA) is 64.6 Å². The fraction of sp³-hybridized carbons (Fsp3) is 0.391. The van der Waals surface area contributed by atoms with Gasteiger partial charge in [0.15, 0.2) is 0 Å². The average Bonchev–Trinajstić information content (AvgIpc) is 2.70. The van der Waals surface area contributed by atoms with Gasteiger partial charge in [-0.2, -0.15) is 0 Å². The van der Waals surface area contributed by atoms with Gasteiger partial charge >= 0.3 is 5.97 Å². The number of hydrogen-bond donors (Lipinski definition) is 1. The molecule has 0 radical (unpaired) electrons. The zero-order valence-electron chi connectivity index (χ0n) is 17.0. The second-order valence-corrected chi connectivity index (χ2v) is 7.08. The van der Waals surface area contributed by atoms with Gasteiger partial charge in [0.25, 0.3) is 5.91 Å². The number of ether oxygens (including phenoxy) is 2. The van der Waals surface area contributed by atoms with E-state index in [4.69, 9.17) is 21.1 Å². The van der Waals surface area contributed by atoms with E-state index in [1.54, 1.807) is 25.1 Å². The predicted molar refractivity (Wildman–Crippen MR) is 115 cm³/mol. The molecule has 29 heavy (non-hydrogen) atoms. The highest BCUT2D eigenvalue weighted by atomic mass is 35.5. The van der Waals surface area contributed by atoms with Crippen LogP contribution in [0.3, 0.4) is 0 Å². The first-order valence-corrected chi connectivity index (χ1v) is 10.3. The summed E-state index contributed by atoms with van der Waals surface area (Å²) in [6, 6.07) is 12.8. The second-order valence-electron chi connectivity index (χ2n) is 6.65. The van der Waals surface area contributed by atoms with Crippen LogP contribution in [-0.4, -0.2) is 31.6 Å². The number of halogens is 1. The molecule has 0 aromatic heterocycles. The monoisotopic (exact) mass is 417 g/mol. The number of amides is 1. The third-order valence-electron chi connectivity index (χ3n) is 4.32. The molecule has 1 amide bonds. The summed E-state index contributed by atoms with van der Waals surface area (Å²) in [5, 5.41) is 3.41. The van der Waals surface area contributed by atoms with Crippen molar-refractivity contribution >= 4 is 23.5 Å². The third kappa shape index (κ3) is 7.78. The van der Waals surface area contributed by atoms with Crippen LogP contribution in [0.15, 0.2) is 42.5 Å². The first-order valence-electron chi connectivity index (χ1n) is 9.97. The Hall–Kier alpha value is -2.53. The molecule has 0 heterocycles. The van der Waals surface area contributed by atoms with Gasteiger partial charge in [0.1, 0.15) is 5.75 Å². The standard InChI is InChI=1S/C23H28ClNO4/c1-3-5-14-29-21-11-10-19(24)16-20(21)23(27)25-13-12-17-6-8-18(9-7-17)15-22(26)28-4-2/h6-11,16H,3-5,12-15H2,1-2H3,(H,25,27). The number of unbranched alkanes of at least 4 members (excludes halogenated alkanes) is 1. The van der Waals surface area contributed by atoms with Crippen molar-refractivity contribution in [3.8, 4) is 5.75 Å². The van der Waals surface area contributed by atoms with Crippen LogP contribution in [0.25, 0.3) is 0 Å². The molecule has 0 bridgehead atoms. The number of benzene rings is 2. The maximum Gasteiger partial charge on any atom is 0.310 e. The fourth-order valence-corrected chi connectivity index (χ4v) is 2.92. The molecule has 0 fully saturated rings. The number of hydrogen-bond acceptors (Lipinski definition) is 4. The van der Waals surface area contributed by atoms with Crippen molar-refractivity contribution in [2.45, 2.75) is 39.5 Å². The van der Waals surface area contributed by atoms with E-state index in [9.17, 15) is 9.59 Å². The van der Waals surface area contributed by atoms with Crippen LogP contribution in [0, 0.1) is 0 Å². The van der Waals surface area contributed by atoms with Gasteiger partial charge in [-0.3, -0.25) is 9.59 Å². The summed E-state index contributed by atoms with van der Waals surface area (Å²) in [5.41, 5.74) is 2.42. The highest BCUT2D eigenvalue weighted by Gasteiger charge is 2.13. The molecule has 0 saturated carbocycles. The fourth-order valence-electron chi connectivity index (χ4n) is 2.75. The van der Waals surface area contributed by atoms with Gasteiger partial charge in [-0.25, -0.2) is 0 Å². The van der Waals surface area contributed by atoms with Crippen LogP contribution in [0.5, 0.6) is 5.75 Å². The summed E-state index contributed by atoms with van der Waals surface area (Å²) < 4.78 is 10.7. The molecule has 0 saturated heterocycles. The van der Waals surface area contributed by atoms with E-state index < -0.39 is 0 Å². The normalized spacial score (nSPS) is 10.4. The summed E-state index contributed by atoms with van der Waals surface area (Å²) in [5.74, 6) is 0.104. The van der Waals surface area contributed by atoms with Crippen molar-refractivity contribution in [1.29, 1.82) is 0 Å². The van der Waals surface area contributed by atoms with Crippen LogP contribution < -0.4 is 10.1 Å². The van der Waals surface area contributed by atoms with Crippen LogP contribution in [-0.2, 0) is 22.4 Å². The summed E-state index contributed by atoms with van der Waals surface area (Å²) in [7, 11) is 0. The average molecular weight is 418 g/mol. The highest BCUT2D eigenvalue weighted by Crippen LogP contribution is 2.23. The summed E-state index contributed by atoms with van der Waals surface area (Å²) in [6.07, 6.45) is 2.89. The maximum atomic E-state index is 12.6. The van der Waals surface area contributed by atoms with Crippen LogP contribution >= 0.6 is 11.6 Å². The van der Waals surface area contributed by atoms with Crippen molar-refractivity contribution in [2.75, 3.05) is 19.8 Å². The highest BCUT2D eigenvalue weighted by molar-refractivity contribution is 6.31. The third-order valence-corrected chi connectivity index (χ3v) is 4.55. The lowest BCUT2D eigenvalue weighted by Crippen LogP contribution is -2.26. The molecule has 0 unspecified atom stereocenters. The van der Waals surface area contributed by atoms with E-state index in [0.29, 0.717) is 42.5 Å². The molecule has 0 spiro atoms. The number of rotatable bonds is 11. The first-order chi connectivity index (χ1) is 14.0. The Morgan fingerprint density at radius 3 is 2.45 bits per heavy atom. The van der Waals surface area contributed by atoms with Crippen molar-refractivity contribution in [1.82, 2.24) is 5.32 Å². The van der Waals surface area contributed by atoms with Crippen molar-refractivity contribution in [2.24, 2.45) is 0 Å². The SMILES string of the molecule is CCCCOc1ccc(Cl)cc1C(=O)NCCc1ccc(CC(=O)OCC)cc1. The Balaban J connectivity index is 1.88. The van der Waals surface area contributed by atoms with Gasteiger partial charge in [-0.05, 0) is 49.1 Å². The number of carbonyl (C=O) groups is 2. The molecule has 2 rings (SSSR count). The zero-order chi connectivity index (χ0) is 21.1. The Morgan fingerprint density at radius 2 is 1.76 bits per heavy atom. The number of nitrogens with one attached hydrogen (secondary N) is 1. The van der Waals surface area contributed by atoms with Crippen LogP contribution in [0.4, 0.5) is 0 Å². The van der Waals surface area contributed by atoms with E-state index in [-0.39, 0.29) is 18.3 Å². The lowest BCUT2D eigenvalue weighted by atomic mass is 10.1. The Morgan fingerprint density at radius 1 is 1.03 bits per heavy atom. The Bertz CT molecular complexity index is 805. The van der Waals surface area contributed by atoms with E-state index >= 15 is 0 Å². The van der Waals surface area contributed by atoms with Gasteiger partial charge in [-0.15, -0.1) is 0 Å². The molecular weight excluding hydrogens is 390 g/mol. The van der Waals surface area contributed by atoms with Gasteiger partial charge < -0.3 is 14.8 Å². The minimum absolute atomic E-state index is 0.210. The zero-order valence-corrected chi connectivity index (χ0v) is 17.8. The van der Waals surface area contributed by atoms with Crippen molar-refractivity contribution in [3.05, 3.63) is 64.2 Å². The molecular formula is C23H28ClNO4. The van der Waals surface area contributed by atoms with Crippen molar-refractivity contribution < 1.29 is 19.1 Å². The van der Waals surface area contributed by atoms with E-state index in [1.807, 2.05) is 24.3 Å². The van der Waals surface area contributed by atoms with E-state index in [0.717, 1.165) is 24.0 Å². The van der Waals surface area contributed by atoms with E-state index in [2.05, 4.69) is 12.2 Å². The predicted octanol–water partition coefficient (Wildman–Crippen LogP) is 4.60. The lowest BCUT2D eigenvalue weighted by molar-refractivity contribution is -0.142. The quantitative estimate of drug-likeness (QED) is 0.428. The molecule has 0 aliphatic rings. The molecule has 2 aromatic rings. The summed E-state index contributed by atoms with van der Waals surface area (Å²) in [6.45, 7) is 5.31. The molecule has 0 aliphatic carbocycles. The Kier molecular flexibility index (Phi) is 9.51. The molecule has 1 N–H and O–H groups in total. The Labute approximate surface area is 177 Å². The van der Waals surface area contributed by atoms with Gasteiger partial charge in [0.05, 0.1) is 25.2 Å². The smallest absolute Gasteiger partial charge is 0.310 e. The second kappa shape index (κ2) is 12.1. The van der Waals surface area contributed by atoms with Gasteiger partial charge in [-0.1, -0.05) is 49.2 Å². The molecule has 6 heteroatoms. The minimum atomic E-state index is -0.231. The molecule has 2 aromatic carbocycles. The molecule has 0 atom stereocenters. The van der Waals surface area contributed by atoms with Crippen LogP contribution in [0.1, 0.15) is 48.2 Å². The maximum absolute atomic E-state index is 12.6. The van der Waals surface area contributed by atoms with Crippen LogP contribution in [0.2, 0.25) is 5.02 Å². The molecule has 0 aliphatic heterocycles. The van der Waals surface area contributed by atoms with E-state index in [1.165, 1.54) is 0 Å². The molecule has 5 nitrogen and oxygen atoms in total. The minimum Gasteiger partial charge on any atom is -0.493 e. The largest absolute Gasteiger partial charge is 0.493 e.